The first kappa shape index (κ1) is 15.4. The molecular formula is C12H29OSi2. The van der Waals surface area contributed by atoms with E-state index >= 15 is 0 Å². The molecule has 0 aromatic heterocycles. The Morgan fingerprint density at radius 2 is 1.80 bits per heavy atom. The fraction of sp³-hybridized carbons (Fsp3) is 0.917. The van der Waals surface area contributed by atoms with Gasteiger partial charge >= 0.3 is 0 Å². The van der Waals surface area contributed by atoms with Crippen LogP contribution in [0.25, 0.3) is 0 Å². The molecule has 0 aromatic carbocycles. The van der Waals surface area contributed by atoms with Gasteiger partial charge in [0.2, 0.25) is 0 Å². The molecule has 1 nitrogen and oxygen atoms in total. The Hall–Kier alpha value is 0.394. The largest absolute Gasteiger partial charge is 0.376 e. The molecule has 3 heteroatoms. The van der Waals surface area contributed by atoms with Crippen LogP contribution in [0.15, 0.2) is 0 Å². The van der Waals surface area contributed by atoms with Crippen LogP contribution in [0.2, 0.25) is 36.8 Å². The predicted molar refractivity (Wildman–Crippen MR) is 76.1 cm³/mol. The third-order valence-electron chi connectivity index (χ3n) is 2.34. The van der Waals surface area contributed by atoms with Gasteiger partial charge in [0, 0.05) is 24.2 Å². The maximum atomic E-state index is 5.56. The van der Waals surface area contributed by atoms with Gasteiger partial charge in [-0.05, 0) is 17.5 Å². The number of hydrogen-bond acceptors (Lipinski definition) is 1. The van der Waals surface area contributed by atoms with E-state index < -0.39 is 8.07 Å². The molecule has 1 radical (unpaired) electrons. The summed E-state index contributed by atoms with van der Waals surface area (Å²) in [5.41, 5.74) is 0. The number of rotatable bonds is 7. The van der Waals surface area contributed by atoms with E-state index in [0.29, 0.717) is 5.04 Å². The third kappa shape index (κ3) is 14.4. The van der Waals surface area contributed by atoms with Crippen LogP contribution >= 0.6 is 0 Å². The van der Waals surface area contributed by atoms with Gasteiger partial charge in [0.05, 0.1) is 6.61 Å². The van der Waals surface area contributed by atoms with Crippen molar-refractivity contribution in [2.75, 3.05) is 6.61 Å². The van der Waals surface area contributed by atoms with Crippen molar-refractivity contribution in [3.63, 3.8) is 0 Å². The van der Waals surface area contributed by atoms with Crippen LogP contribution in [0.4, 0.5) is 0 Å². The molecule has 0 rings (SSSR count). The summed E-state index contributed by atoms with van der Waals surface area (Å²) in [6.45, 7) is 17.2. The van der Waals surface area contributed by atoms with Crippen molar-refractivity contribution in [3.8, 4) is 0 Å². The van der Waals surface area contributed by atoms with Gasteiger partial charge in [0.15, 0.2) is 0 Å². The van der Waals surface area contributed by atoms with Crippen molar-refractivity contribution in [1.29, 1.82) is 0 Å². The van der Waals surface area contributed by atoms with Crippen LogP contribution in [0.3, 0.4) is 0 Å². The highest BCUT2D eigenvalue weighted by Crippen LogP contribution is 2.22. The van der Waals surface area contributed by atoms with Crippen molar-refractivity contribution in [3.05, 3.63) is 6.61 Å². The summed E-state index contributed by atoms with van der Waals surface area (Å²) in [6.07, 6.45) is 1.16. The highest BCUT2D eigenvalue weighted by molar-refractivity contribution is 6.76. The number of ether oxygens (including phenoxy) is 1. The minimum Gasteiger partial charge on any atom is -0.376 e. The summed E-state index contributed by atoms with van der Waals surface area (Å²) in [5.74, 6) is 0. The summed E-state index contributed by atoms with van der Waals surface area (Å²) < 4.78 is 5.56. The van der Waals surface area contributed by atoms with E-state index in [4.69, 9.17) is 4.74 Å². The zero-order chi connectivity index (χ0) is 11.9. The molecule has 0 atom stereocenters. The Bertz CT molecular complexity index is 138. The molecule has 15 heavy (non-hydrogen) atoms. The zero-order valence-electron chi connectivity index (χ0n) is 11.5. The van der Waals surface area contributed by atoms with Crippen molar-refractivity contribution >= 4 is 17.6 Å². The SMILES string of the molecule is CC(C)(C)[SiH2]CC[CH]OCC[Si](C)(C)C. The van der Waals surface area contributed by atoms with Crippen molar-refractivity contribution in [1.82, 2.24) is 0 Å². The molecule has 0 aliphatic rings. The average Bonchev–Trinajstić information content (AvgIpc) is 1.98. The second kappa shape index (κ2) is 6.87. The normalized spacial score (nSPS) is 14.0. The first-order chi connectivity index (χ1) is 6.71. The van der Waals surface area contributed by atoms with Gasteiger partial charge in [0.1, 0.15) is 0 Å². The van der Waals surface area contributed by atoms with E-state index in [1.54, 1.807) is 0 Å². The molecule has 0 aromatic rings. The van der Waals surface area contributed by atoms with E-state index in [9.17, 15) is 0 Å². The summed E-state index contributed by atoms with van der Waals surface area (Å²) in [4.78, 5) is 0. The molecule has 0 aliphatic carbocycles. The molecule has 0 N–H and O–H groups in total. The van der Waals surface area contributed by atoms with Crippen LogP contribution in [-0.4, -0.2) is 24.2 Å². The lowest BCUT2D eigenvalue weighted by Gasteiger charge is -2.17. The molecular weight excluding hydrogens is 216 g/mol. The Kier molecular flexibility index (Phi) is 7.05. The van der Waals surface area contributed by atoms with E-state index in [1.165, 1.54) is 12.1 Å². The fourth-order valence-electron chi connectivity index (χ4n) is 1.25. The van der Waals surface area contributed by atoms with Crippen molar-refractivity contribution < 1.29 is 4.74 Å². The Balaban J connectivity index is 3.20. The van der Waals surface area contributed by atoms with Crippen LogP contribution < -0.4 is 0 Å². The number of hydrogen-bond donors (Lipinski definition) is 0. The van der Waals surface area contributed by atoms with Gasteiger partial charge in [-0.1, -0.05) is 46.5 Å². The van der Waals surface area contributed by atoms with Gasteiger partial charge in [-0.3, -0.25) is 0 Å². The van der Waals surface area contributed by atoms with Gasteiger partial charge in [-0.2, -0.15) is 0 Å². The lowest BCUT2D eigenvalue weighted by atomic mass is 10.2. The second-order valence-electron chi connectivity index (χ2n) is 6.80. The monoisotopic (exact) mass is 245 g/mol. The first-order valence-electron chi connectivity index (χ1n) is 6.14. The maximum Gasteiger partial charge on any atom is 0.0833 e. The topological polar surface area (TPSA) is 9.23 Å². The Morgan fingerprint density at radius 1 is 1.20 bits per heavy atom. The average molecular weight is 246 g/mol. The van der Waals surface area contributed by atoms with Crippen molar-refractivity contribution in [2.45, 2.75) is 64.0 Å². The molecule has 0 saturated heterocycles. The minimum atomic E-state index is -0.892. The smallest absolute Gasteiger partial charge is 0.0833 e. The highest BCUT2D eigenvalue weighted by atomic mass is 28.3. The molecule has 0 fully saturated rings. The molecule has 0 spiro atoms. The molecule has 0 bridgehead atoms. The van der Waals surface area contributed by atoms with Gasteiger partial charge in [-0.15, -0.1) is 0 Å². The summed E-state index contributed by atoms with van der Waals surface area (Å²) in [5, 5.41) is 0.603. The highest BCUT2D eigenvalue weighted by Gasteiger charge is 2.12. The van der Waals surface area contributed by atoms with Gasteiger partial charge in [0.25, 0.3) is 0 Å². The standard InChI is InChI=1S/C12H29OSi2/c1-12(2,3)14-10-7-8-13-9-11-15(4,5)6/h8H,7,9-11,14H2,1-6H3. The van der Waals surface area contributed by atoms with E-state index in [2.05, 4.69) is 40.4 Å². The lowest BCUT2D eigenvalue weighted by molar-refractivity contribution is 0.209. The molecule has 0 amide bonds. The van der Waals surface area contributed by atoms with Crippen LogP contribution in [0.1, 0.15) is 27.2 Å². The second-order valence-corrected chi connectivity index (χ2v) is 15.8. The maximum absolute atomic E-state index is 5.56. The van der Waals surface area contributed by atoms with E-state index in [-0.39, 0.29) is 9.52 Å². The van der Waals surface area contributed by atoms with Gasteiger partial charge < -0.3 is 4.74 Å². The quantitative estimate of drug-likeness (QED) is 0.491. The van der Waals surface area contributed by atoms with E-state index in [1.807, 2.05) is 6.61 Å². The van der Waals surface area contributed by atoms with Gasteiger partial charge in [-0.25, -0.2) is 0 Å². The summed E-state index contributed by atoms with van der Waals surface area (Å²) in [6, 6.07) is 2.66. The Morgan fingerprint density at radius 3 is 2.27 bits per heavy atom. The molecule has 0 saturated carbocycles. The molecule has 0 unspecified atom stereocenters. The molecule has 91 valence electrons. The first-order valence-corrected chi connectivity index (χ1v) is 11.6. The fourth-order valence-corrected chi connectivity index (χ4v) is 3.41. The van der Waals surface area contributed by atoms with Crippen LogP contribution in [-0.2, 0) is 4.74 Å². The summed E-state index contributed by atoms with van der Waals surface area (Å²) in [7, 11) is -0.807. The lowest BCUT2D eigenvalue weighted by Crippen LogP contribution is -2.21. The van der Waals surface area contributed by atoms with Crippen LogP contribution in [0.5, 0.6) is 0 Å². The van der Waals surface area contributed by atoms with Crippen LogP contribution in [0, 0.1) is 6.61 Å². The molecule has 0 heterocycles. The third-order valence-corrected chi connectivity index (χ3v) is 6.30. The summed E-state index contributed by atoms with van der Waals surface area (Å²) >= 11 is 0. The Labute approximate surface area is 99.8 Å². The van der Waals surface area contributed by atoms with E-state index in [0.717, 1.165) is 13.0 Å². The molecule has 0 aliphatic heterocycles. The van der Waals surface area contributed by atoms with Crippen molar-refractivity contribution in [2.24, 2.45) is 0 Å². The predicted octanol–water partition coefficient (Wildman–Crippen LogP) is 3.70. The zero-order valence-corrected chi connectivity index (χ0v) is 13.9. The minimum absolute atomic E-state index is 0.0854.